The molecular weight excluding hydrogens is 306 g/mol. The van der Waals surface area contributed by atoms with Crippen molar-refractivity contribution in [1.29, 1.82) is 0 Å². The number of carbonyl (C=O) groups is 1. The summed E-state index contributed by atoms with van der Waals surface area (Å²) in [6.45, 7) is 8.95. The van der Waals surface area contributed by atoms with Gasteiger partial charge in [-0.1, -0.05) is 59.7 Å². The van der Waals surface area contributed by atoms with Crippen LogP contribution in [0.25, 0.3) is 12.2 Å². The molecule has 2 nitrogen and oxygen atoms in total. The van der Waals surface area contributed by atoms with Crippen molar-refractivity contribution in [3.05, 3.63) is 81.9 Å². The fourth-order valence-corrected chi connectivity index (χ4v) is 3.18. The number of rotatable bonds is 3. The number of hydrogen-bond acceptors (Lipinski definition) is 1. The lowest BCUT2D eigenvalue weighted by Crippen LogP contribution is -3.13. The van der Waals surface area contributed by atoms with Gasteiger partial charge in [-0.05, 0) is 44.1 Å². The van der Waals surface area contributed by atoms with E-state index in [0.717, 1.165) is 41.9 Å². The van der Waals surface area contributed by atoms with Gasteiger partial charge in [0, 0.05) is 0 Å². The van der Waals surface area contributed by atoms with Crippen molar-refractivity contribution < 1.29 is 9.69 Å². The molecule has 0 aromatic heterocycles. The average Bonchev–Trinajstić information content (AvgIpc) is 2.62. The maximum absolute atomic E-state index is 13.0. The van der Waals surface area contributed by atoms with Gasteiger partial charge in [-0.3, -0.25) is 4.79 Å². The second kappa shape index (κ2) is 7.62. The molecule has 1 heterocycles. The van der Waals surface area contributed by atoms with Crippen LogP contribution in [-0.4, -0.2) is 25.4 Å². The Kier molecular flexibility index (Phi) is 5.30. The summed E-state index contributed by atoms with van der Waals surface area (Å²) < 4.78 is 0. The lowest BCUT2D eigenvalue weighted by Gasteiger charge is -2.25. The summed E-state index contributed by atoms with van der Waals surface area (Å²) in [5.74, 6) is 0.193. The standard InChI is InChI=1S/C23H25NO/c1-4-24-15-21(13-19-9-5-17(2)6-10-19)23(25)22(16-24)14-20-11-7-18(3)8-12-20/h5-14H,4,15-16H2,1-3H3/p+1/b21-13+,22-14+. The smallest absolute Gasteiger partial charge is 0.196 e. The number of aryl methyl sites for hydroxylation is 2. The molecule has 0 atom stereocenters. The number of likely N-dealkylation sites (tertiary alicyclic amines) is 1. The molecular formula is C23H26NO+. The Hall–Kier alpha value is -2.45. The Bertz CT molecular complexity index is 743. The highest BCUT2D eigenvalue weighted by Gasteiger charge is 2.28. The third-order valence-electron chi connectivity index (χ3n) is 4.80. The molecule has 0 amide bonds. The zero-order valence-corrected chi connectivity index (χ0v) is 15.3. The van der Waals surface area contributed by atoms with Gasteiger partial charge in [-0.25, -0.2) is 0 Å². The van der Waals surface area contributed by atoms with Crippen molar-refractivity contribution in [3.8, 4) is 0 Å². The molecule has 0 aliphatic carbocycles. The molecule has 3 rings (SSSR count). The van der Waals surface area contributed by atoms with Crippen LogP contribution in [0.2, 0.25) is 0 Å². The zero-order valence-electron chi connectivity index (χ0n) is 15.3. The molecule has 0 unspecified atom stereocenters. The maximum atomic E-state index is 13.0. The molecule has 1 aliphatic heterocycles. The van der Waals surface area contributed by atoms with Crippen LogP contribution in [0, 0.1) is 13.8 Å². The van der Waals surface area contributed by atoms with E-state index in [1.54, 1.807) is 0 Å². The number of Topliss-reactive ketones (excluding diaryl/α,β-unsaturated/α-hetero) is 1. The summed E-state index contributed by atoms with van der Waals surface area (Å²) in [5, 5.41) is 0. The first-order chi connectivity index (χ1) is 12.0. The molecule has 2 aromatic carbocycles. The number of benzene rings is 2. The molecule has 0 bridgehead atoms. The van der Waals surface area contributed by atoms with E-state index < -0.39 is 0 Å². The van der Waals surface area contributed by atoms with Gasteiger partial charge in [0.2, 0.25) is 0 Å². The molecule has 128 valence electrons. The Labute approximate surface area is 150 Å². The van der Waals surface area contributed by atoms with E-state index in [-0.39, 0.29) is 5.78 Å². The summed E-state index contributed by atoms with van der Waals surface area (Å²) in [7, 11) is 0. The molecule has 0 radical (unpaired) electrons. The van der Waals surface area contributed by atoms with E-state index in [4.69, 9.17) is 0 Å². The Morgan fingerprint density at radius 1 is 0.800 bits per heavy atom. The van der Waals surface area contributed by atoms with Crippen LogP contribution >= 0.6 is 0 Å². The Morgan fingerprint density at radius 3 is 1.56 bits per heavy atom. The van der Waals surface area contributed by atoms with E-state index in [0.29, 0.717) is 0 Å². The molecule has 2 heteroatoms. The topological polar surface area (TPSA) is 21.5 Å². The van der Waals surface area contributed by atoms with Crippen molar-refractivity contribution in [2.24, 2.45) is 0 Å². The van der Waals surface area contributed by atoms with E-state index in [1.165, 1.54) is 16.0 Å². The second-order valence-electron chi connectivity index (χ2n) is 6.95. The van der Waals surface area contributed by atoms with E-state index in [1.807, 2.05) is 0 Å². The van der Waals surface area contributed by atoms with Gasteiger partial charge >= 0.3 is 0 Å². The Morgan fingerprint density at radius 2 is 1.20 bits per heavy atom. The largest absolute Gasteiger partial charge is 0.327 e. The monoisotopic (exact) mass is 332 g/mol. The molecule has 1 fully saturated rings. The summed E-state index contributed by atoms with van der Waals surface area (Å²) in [5.41, 5.74) is 6.48. The fraction of sp³-hybridized carbons (Fsp3) is 0.261. The zero-order chi connectivity index (χ0) is 17.8. The number of nitrogens with one attached hydrogen (secondary N) is 1. The van der Waals surface area contributed by atoms with Crippen molar-refractivity contribution in [3.63, 3.8) is 0 Å². The number of likely N-dealkylation sites (N-methyl/N-ethyl adjacent to an activating group) is 1. The summed E-state index contributed by atoms with van der Waals surface area (Å²) in [4.78, 5) is 14.4. The number of hydrogen-bond donors (Lipinski definition) is 1. The first-order valence-corrected chi connectivity index (χ1v) is 8.98. The van der Waals surface area contributed by atoms with Gasteiger partial charge in [0.15, 0.2) is 5.78 Å². The van der Waals surface area contributed by atoms with Gasteiger partial charge in [0.25, 0.3) is 0 Å². The molecule has 0 saturated carbocycles. The Balaban J connectivity index is 1.93. The summed E-state index contributed by atoms with van der Waals surface area (Å²) in [6, 6.07) is 16.7. The van der Waals surface area contributed by atoms with Crippen LogP contribution in [0.1, 0.15) is 29.2 Å². The van der Waals surface area contributed by atoms with Gasteiger partial charge in [0.05, 0.1) is 17.7 Å². The van der Waals surface area contributed by atoms with E-state index >= 15 is 0 Å². The minimum atomic E-state index is 0.193. The third-order valence-corrected chi connectivity index (χ3v) is 4.80. The fourth-order valence-electron chi connectivity index (χ4n) is 3.18. The third kappa shape index (κ3) is 4.34. The molecule has 25 heavy (non-hydrogen) atoms. The molecule has 1 saturated heterocycles. The first kappa shape index (κ1) is 17.4. The van der Waals surface area contributed by atoms with Crippen LogP contribution < -0.4 is 4.90 Å². The average molecular weight is 332 g/mol. The minimum absolute atomic E-state index is 0.193. The number of piperidine rings is 1. The lowest BCUT2D eigenvalue weighted by atomic mass is 9.94. The maximum Gasteiger partial charge on any atom is 0.196 e. The molecule has 1 aliphatic rings. The number of carbonyl (C=O) groups excluding carboxylic acids is 1. The number of ketones is 1. The number of quaternary nitrogens is 1. The highest BCUT2D eigenvalue weighted by Crippen LogP contribution is 2.17. The first-order valence-electron chi connectivity index (χ1n) is 8.98. The van der Waals surface area contributed by atoms with Crippen LogP contribution in [0.4, 0.5) is 0 Å². The second-order valence-corrected chi connectivity index (χ2v) is 6.95. The molecule has 2 aromatic rings. The van der Waals surface area contributed by atoms with E-state index in [9.17, 15) is 4.79 Å². The van der Waals surface area contributed by atoms with Crippen LogP contribution in [0.3, 0.4) is 0 Å². The molecule has 0 spiro atoms. The quantitative estimate of drug-likeness (QED) is 0.856. The normalized spacial score (nSPS) is 21.1. The van der Waals surface area contributed by atoms with Crippen LogP contribution in [-0.2, 0) is 4.79 Å². The molecule has 1 N–H and O–H groups in total. The minimum Gasteiger partial charge on any atom is -0.327 e. The van der Waals surface area contributed by atoms with Gasteiger partial charge in [0.1, 0.15) is 13.1 Å². The highest BCUT2D eigenvalue weighted by atomic mass is 16.1. The highest BCUT2D eigenvalue weighted by molar-refractivity contribution is 6.14. The van der Waals surface area contributed by atoms with Crippen molar-refractivity contribution >= 4 is 17.9 Å². The van der Waals surface area contributed by atoms with Crippen molar-refractivity contribution in [2.75, 3.05) is 19.6 Å². The van der Waals surface area contributed by atoms with Gasteiger partial charge in [-0.2, -0.15) is 0 Å². The van der Waals surface area contributed by atoms with Crippen molar-refractivity contribution in [1.82, 2.24) is 0 Å². The lowest BCUT2D eigenvalue weighted by molar-refractivity contribution is -0.889. The van der Waals surface area contributed by atoms with Crippen molar-refractivity contribution in [2.45, 2.75) is 20.8 Å². The predicted octanol–water partition coefficient (Wildman–Crippen LogP) is 3.26. The van der Waals surface area contributed by atoms with Gasteiger partial charge in [-0.15, -0.1) is 0 Å². The predicted molar refractivity (Wildman–Crippen MR) is 105 cm³/mol. The van der Waals surface area contributed by atoms with Crippen LogP contribution in [0.5, 0.6) is 0 Å². The van der Waals surface area contributed by atoms with Crippen LogP contribution in [0.15, 0.2) is 59.7 Å². The van der Waals surface area contributed by atoms with Gasteiger partial charge < -0.3 is 4.90 Å². The van der Waals surface area contributed by atoms with E-state index in [2.05, 4.69) is 81.5 Å². The summed E-state index contributed by atoms with van der Waals surface area (Å²) in [6.07, 6.45) is 4.11. The SMILES string of the molecule is CC[NH+]1C/C(=C\c2ccc(C)cc2)C(=O)/C(=C/c2ccc(C)cc2)C1. The summed E-state index contributed by atoms with van der Waals surface area (Å²) >= 11 is 0.